The lowest BCUT2D eigenvalue weighted by Crippen LogP contribution is -1.98. The van der Waals surface area contributed by atoms with E-state index in [0.717, 1.165) is 22.9 Å². The molecule has 0 amide bonds. The van der Waals surface area contributed by atoms with E-state index >= 15 is 0 Å². The topological polar surface area (TPSA) is 20.2 Å². The van der Waals surface area contributed by atoms with Crippen LogP contribution >= 0.6 is 15.9 Å². The molecule has 0 bridgehead atoms. The highest BCUT2D eigenvalue weighted by atomic mass is 79.9. The first-order valence-corrected chi connectivity index (χ1v) is 8.38. The molecule has 0 aromatic heterocycles. The van der Waals surface area contributed by atoms with Crippen molar-refractivity contribution in [2.45, 2.75) is 71.3 Å². The van der Waals surface area contributed by atoms with Gasteiger partial charge in [-0.15, -0.1) is 0 Å². The van der Waals surface area contributed by atoms with Gasteiger partial charge in [-0.1, -0.05) is 79.9 Å². The van der Waals surface area contributed by atoms with Gasteiger partial charge in [-0.2, -0.15) is 0 Å². The Kier molecular flexibility index (Phi) is 8.40. The second-order valence-electron chi connectivity index (χ2n) is 5.43. The highest BCUT2D eigenvalue weighted by Crippen LogP contribution is 2.25. The van der Waals surface area contributed by atoms with Gasteiger partial charge in [0, 0.05) is 4.47 Å². The molecule has 108 valence electrons. The lowest BCUT2D eigenvalue weighted by molar-refractivity contribution is 0.163. The van der Waals surface area contributed by atoms with Crippen LogP contribution in [-0.2, 0) is 0 Å². The maximum Gasteiger partial charge on any atom is 0.0790 e. The summed E-state index contributed by atoms with van der Waals surface area (Å²) in [7, 11) is 0. The van der Waals surface area contributed by atoms with Crippen molar-refractivity contribution in [1.82, 2.24) is 0 Å². The van der Waals surface area contributed by atoms with Crippen molar-refractivity contribution in [2.75, 3.05) is 0 Å². The molecule has 1 aromatic carbocycles. The van der Waals surface area contributed by atoms with Crippen LogP contribution in [0.3, 0.4) is 0 Å². The molecule has 1 nitrogen and oxygen atoms in total. The van der Waals surface area contributed by atoms with Crippen LogP contribution in [-0.4, -0.2) is 5.11 Å². The average molecular weight is 327 g/mol. The van der Waals surface area contributed by atoms with E-state index < -0.39 is 0 Å². The fourth-order valence-corrected chi connectivity index (χ4v) is 2.67. The summed E-state index contributed by atoms with van der Waals surface area (Å²) in [5.41, 5.74) is 2.25. The van der Waals surface area contributed by atoms with E-state index in [-0.39, 0.29) is 6.10 Å². The number of hydrogen-bond donors (Lipinski definition) is 1. The molecule has 0 saturated heterocycles. The minimum atomic E-state index is -0.312. The number of benzene rings is 1. The van der Waals surface area contributed by atoms with Crippen LogP contribution in [0.2, 0.25) is 0 Å². The largest absolute Gasteiger partial charge is 0.388 e. The van der Waals surface area contributed by atoms with Gasteiger partial charge in [-0.25, -0.2) is 0 Å². The van der Waals surface area contributed by atoms with Gasteiger partial charge in [0.25, 0.3) is 0 Å². The van der Waals surface area contributed by atoms with Gasteiger partial charge in [0.05, 0.1) is 6.10 Å². The van der Waals surface area contributed by atoms with E-state index in [1.807, 2.05) is 12.1 Å². The Bertz CT molecular complexity index is 362. The Morgan fingerprint density at radius 1 is 1.05 bits per heavy atom. The lowest BCUT2D eigenvalue weighted by atomic mass is 10.0. The molecule has 1 aromatic rings. The molecule has 0 aliphatic carbocycles. The maximum atomic E-state index is 10.2. The van der Waals surface area contributed by atoms with Crippen LogP contribution in [0.1, 0.15) is 75.5 Å². The van der Waals surface area contributed by atoms with Crippen molar-refractivity contribution >= 4 is 15.9 Å². The van der Waals surface area contributed by atoms with E-state index in [2.05, 4.69) is 35.8 Å². The number of rotatable bonds is 9. The van der Waals surface area contributed by atoms with Crippen molar-refractivity contribution in [1.29, 1.82) is 0 Å². The third-order valence-corrected chi connectivity index (χ3v) is 4.52. The van der Waals surface area contributed by atoms with Crippen LogP contribution in [0.25, 0.3) is 0 Å². The standard InChI is InChI=1S/C17H27BrO/c1-3-4-5-6-7-8-9-10-17(19)15-12-11-14(2)16(18)13-15/h11-13,17,19H,3-10H2,1-2H3. The van der Waals surface area contributed by atoms with Crippen LogP contribution < -0.4 is 0 Å². The molecule has 19 heavy (non-hydrogen) atoms. The Labute approximate surface area is 126 Å². The summed E-state index contributed by atoms with van der Waals surface area (Å²) in [6.07, 6.45) is 9.62. The van der Waals surface area contributed by atoms with Gasteiger partial charge in [0.15, 0.2) is 0 Å². The summed E-state index contributed by atoms with van der Waals surface area (Å²) < 4.78 is 1.09. The van der Waals surface area contributed by atoms with E-state index in [1.165, 1.54) is 44.1 Å². The van der Waals surface area contributed by atoms with Gasteiger partial charge < -0.3 is 5.11 Å². The summed E-state index contributed by atoms with van der Waals surface area (Å²) in [6.45, 7) is 4.31. The summed E-state index contributed by atoms with van der Waals surface area (Å²) in [4.78, 5) is 0. The summed E-state index contributed by atoms with van der Waals surface area (Å²) in [6, 6.07) is 6.14. The predicted octanol–water partition coefficient (Wildman–Crippen LogP) is 5.93. The summed E-state index contributed by atoms with van der Waals surface area (Å²) >= 11 is 3.52. The number of unbranched alkanes of at least 4 members (excludes halogenated alkanes) is 6. The SMILES string of the molecule is CCCCCCCCCC(O)c1ccc(C)c(Br)c1. The average Bonchev–Trinajstić information content (AvgIpc) is 2.40. The molecular weight excluding hydrogens is 300 g/mol. The molecule has 0 heterocycles. The van der Waals surface area contributed by atoms with Crippen LogP contribution in [0, 0.1) is 6.92 Å². The first-order chi connectivity index (χ1) is 9.15. The molecule has 1 unspecified atom stereocenters. The van der Waals surface area contributed by atoms with Crippen LogP contribution in [0.15, 0.2) is 22.7 Å². The zero-order chi connectivity index (χ0) is 14.1. The fourth-order valence-electron chi connectivity index (χ4n) is 2.28. The van der Waals surface area contributed by atoms with E-state index in [9.17, 15) is 5.11 Å². The molecule has 0 aliphatic heterocycles. The predicted molar refractivity (Wildman–Crippen MR) is 86.4 cm³/mol. The van der Waals surface area contributed by atoms with Gasteiger partial charge >= 0.3 is 0 Å². The van der Waals surface area contributed by atoms with Gasteiger partial charge in [0.2, 0.25) is 0 Å². The smallest absolute Gasteiger partial charge is 0.0790 e. The molecule has 1 N–H and O–H groups in total. The Morgan fingerprint density at radius 3 is 2.32 bits per heavy atom. The summed E-state index contributed by atoms with van der Waals surface area (Å²) in [5.74, 6) is 0. The molecule has 1 atom stereocenters. The normalized spacial score (nSPS) is 12.6. The first-order valence-electron chi connectivity index (χ1n) is 7.59. The van der Waals surface area contributed by atoms with Gasteiger partial charge in [0.1, 0.15) is 0 Å². The number of aliphatic hydroxyl groups is 1. The van der Waals surface area contributed by atoms with Crippen molar-refractivity contribution < 1.29 is 5.11 Å². The van der Waals surface area contributed by atoms with Crippen LogP contribution in [0.5, 0.6) is 0 Å². The van der Waals surface area contributed by atoms with Crippen molar-refractivity contribution in [2.24, 2.45) is 0 Å². The summed E-state index contributed by atoms with van der Waals surface area (Å²) in [5, 5.41) is 10.2. The lowest BCUT2D eigenvalue weighted by Gasteiger charge is -2.12. The minimum absolute atomic E-state index is 0.312. The number of halogens is 1. The van der Waals surface area contributed by atoms with Crippen molar-refractivity contribution in [3.8, 4) is 0 Å². The first kappa shape index (κ1) is 16.7. The maximum absolute atomic E-state index is 10.2. The molecular formula is C17H27BrO. The number of hydrogen-bond acceptors (Lipinski definition) is 1. The zero-order valence-corrected chi connectivity index (χ0v) is 13.9. The Balaban J connectivity index is 2.20. The molecule has 0 radical (unpaired) electrons. The van der Waals surface area contributed by atoms with E-state index in [1.54, 1.807) is 0 Å². The van der Waals surface area contributed by atoms with E-state index in [4.69, 9.17) is 0 Å². The number of aryl methyl sites for hydroxylation is 1. The van der Waals surface area contributed by atoms with Crippen LogP contribution in [0.4, 0.5) is 0 Å². The second kappa shape index (κ2) is 9.55. The van der Waals surface area contributed by atoms with Crippen molar-refractivity contribution in [3.63, 3.8) is 0 Å². The minimum Gasteiger partial charge on any atom is -0.388 e. The third-order valence-electron chi connectivity index (χ3n) is 3.66. The molecule has 0 fully saturated rings. The molecule has 0 aliphatic rings. The van der Waals surface area contributed by atoms with E-state index in [0.29, 0.717) is 0 Å². The molecule has 0 saturated carbocycles. The molecule has 0 spiro atoms. The molecule has 2 heteroatoms. The third kappa shape index (κ3) is 6.58. The quantitative estimate of drug-likeness (QED) is 0.557. The van der Waals surface area contributed by atoms with Gasteiger partial charge in [-0.05, 0) is 30.5 Å². The monoisotopic (exact) mass is 326 g/mol. The number of aliphatic hydroxyl groups excluding tert-OH is 1. The highest BCUT2D eigenvalue weighted by molar-refractivity contribution is 9.10. The van der Waals surface area contributed by atoms with Gasteiger partial charge in [-0.3, -0.25) is 0 Å². The zero-order valence-electron chi connectivity index (χ0n) is 12.3. The highest BCUT2D eigenvalue weighted by Gasteiger charge is 2.08. The Morgan fingerprint density at radius 2 is 1.68 bits per heavy atom. The second-order valence-corrected chi connectivity index (χ2v) is 6.29. The molecule has 1 rings (SSSR count). The fraction of sp³-hybridized carbons (Fsp3) is 0.647. The van der Waals surface area contributed by atoms with Crippen molar-refractivity contribution in [3.05, 3.63) is 33.8 Å². The Hall–Kier alpha value is -0.340.